The third-order valence-electron chi connectivity index (χ3n) is 3.95. The van der Waals surface area contributed by atoms with Gasteiger partial charge in [0.15, 0.2) is 0 Å². The molecule has 0 saturated carbocycles. The van der Waals surface area contributed by atoms with Crippen LogP contribution in [0.2, 0.25) is 0 Å². The number of anilines is 1. The first-order chi connectivity index (χ1) is 9.40. The molecule has 2 rings (SSSR count). The molecule has 1 aliphatic heterocycles. The van der Waals surface area contributed by atoms with Crippen molar-refractivity contribution in [2.45, 2.75) is 13.0 Å². The number of thiocarbonyl (C=S) groups is 1. The number of nitrogens with zero attached hydrogens (tertiary/aromatic N) is 4. The van der Waals surface area contributed by atoms with Crippen LogP contribution in [0.3, 0.4) is 0 Å². The summed E-state index contributed by atoms with van der Waals surface area (Å²) in [5, 5.41) is 7.86. The standard InChI is InChI=1S/C13H24N6S/c1-9-11(12(14)20)13(19(4)16-9)15-7-10-8-17(2)5-6-18(10)3/h10,15H,5-8H2,1-4H3,(H2,14,20). The van der Waals surface area contributed by atoms with Gasteiger partial charge in [0.25, 0.3) is 0 Å². The van der Waals surface area contributed by atoms with Crippen molar-refractivity contribution in [1.29, 1.82) is 0 Å². The van der Waals surface area contributed by atoms with Crippen LogP contribution in [0.25, 0.3) is 0 Å². The van der Waals surface area contributed by atoms with Gasteiger partial charge < -0.3 is 16.0 Å². The molecule has 1 aliphatic rings. The normalized spacial score (nSPS) is 21.1. The molecule has 0 aromatic carbocycles. The molecule has 2 heterocycles. The van der Waals surface area contributed by atoms with E-state index in [0.717, 1.165) is 43.3 Å². The maximum Gasteiger partial charge on any atom is 0.134 e. The van der Waals surface area contributed by atoms with E-state index in [9.17, 15) is 0 Å². The number of piperazine rings is 1. The predicted octanol–water partition coefficient (Wildman–Crippen LogP) is 0.0204. The van der Waals surface area contributed by atoms with Crippen LogP contribution in [0, 0.1) is 6.92 Å². The van der Waals surface area contributed by atoms with Gasteiger partial charge >= 0.3 is 0 Å². The minimum absolute atomic E-state index is 0.396. The molecule has 1 unspecified atom stereocenters. The fraction of sp³-hybridized carbons (Fsp3) is 0.692. The highest BCUT2D eigenvalue weighted by Crippen LogP contribution is 2.19. The van der Waals surface area contributed by atoms with Crippen molar-refractivity contribution < 1.29 is 0 Å². The Kier molecular flexibility index (Phi) is 4.62. The molecule has 1 fully saturated rings. The lowest BCUT2D eigenvalue weighted by molar-refractivity contribution is 0.121. The molecular weight excluding hydrogens is 272 g/mol. The Labute approximate surface area is 125 Å². The first kappa shape index (κ1) is 15.2. The van der Waals surface area contributed by atoms with E-state index in [-0.39, 0.29) is 0 Å². The van der Waals surface area contributed by atoms with Gasteiger partial charge in [-0.3, -0.25) is 9.58 Å². The summed E-state index contributed by atoms with van der Waals surface area (Å²) in [6, 6.07) is 0.475. The lowest BCUT2D eigenvalue weighted by atomic mass is 10.1. The summed E-state index contributed by atoms with van der Waals surface area (Å²) < 4.78 is 1.82. The molecule has 112 valence electrons. The largest absolute Gasteiger partial charge is 0.389 e. The quantitative estimate of drug-likeness (QED) is 0.764. The summed E-state index contributed by atoms with van der Waals surface area (Å²) in [6.45, 7) is 6.06. The van der Waals surface area contributed by atoms with E-state index in [1.807, 2.05) is 18.7 Å². The van der Waals surface area contributed by atoms with Crippen LogP contribution in [0.15, 0.2) is 0 Å². The van der Waals surface area contributed by atoms with Crippen LogP contribution in [-0.4, -0.2) is 70.9 Å². The van der Waals surface area contributed by atoms with Crippen molar-refractivity contribution in [3.8, 4) is 0 Å². The lowest BCUT2D eigenvalue weighted by Crippen LogP contribution is -2.52. The lowest BCUT2D eigenvalue weighted by Gasteiger charge is -2.37. The Morgan fingerprint density at radius 3 is 2.75 bits per heavy atom. The first-order valence-electron chi connectivity index (χ1n) is 6.86. The van der Waals surface area contributed by atoms with E-state index in [1.54, 1.807) is 0 Å². The molecular formula is C13H24N6S. The van der Waals surface area contributed by atoms with Gasteiger partial charge in [0.05, 0.1) is 11.3 Å². The van der Waals surface area contributed by atoms with Crippen LogP contribution in [0.1, 0.15) is 11.3 Å². The SMILES string of the molecule is Cc1nn(C)c(NCC2CN(C)CCN2C)c1C(N)=S. The summed E-state index contributed by atoms with van der Waals surface area (Å²) in [5.74, 6) is 0.914. The third-order valence-corrected chi connectivity index (χ3v) is 4.16. The summed E-state index contributed by atoms with van der Waals surface area (Å²) >= 11 is 5.13. The fourth-order valence-electron chi connectivity index (χ4n) is 2.69. The summed E-state index contributed by atoms with van der Waals surface area (Å²) in [7, 11) is 6.24. The topological polar surface area (TPSA) is 62.4 Å². The Bertz CT molecular complexity index is 497. The second kappa shape index (κ2) is 6.07. The molecule has 1 atom stereocenters. The van der Waals surface area contributed by atoms with Gasteiger partial charge in [0, 0.05) is 39.3 Å². The van der Waals surface area contributed by atoms with E-state index in [4.69, 9.17) is 18.0 Å². The average Bonchev–Trinajstić information content (AvgIpc) is 2.65. The Morgan fingerprint density at radius 2 is 2.10 bits per heavy atom. The van der Waals surface area contributed by atoms with E-state index in [1.165, 1.54) is 0 Å². The summed E-state index contributed by atoms with van der Waals surface area (Å²) in [4.78, 5) is 5.14. The molecule has 0 radical (unpaired) electrons. The number of rotatable bonds is 4. The molecule has 1 aromatic rings. The van der Waals surface area contributed by atoms with Gasteiger partial charge in [-0.05, 0) is 21.0 Å². The minimum Gasteiger partial charge on any atom is -0.389 e. The van der Waals surface area contributed by atoms with Gasteiger partial charge in [-0.15, -0.1) is 0 Å². The molecule has 0 spiro atoms. The second-order valence-electron chi connectivity index (χ2n) is 5.57. The Balaban J connectivity index is 2.09. The van der Waals surface area contributed by atoms with Crippen molar-refractivity contribution in [2.75, 3.05) is 45.6 Å². The fourth-order valence-corrected chi connectivity index (χ4v) is 2.94. The number of likely N-dealkylation sites (N-methyl/N-ethyl adjacent to an activating group) is 2. The van der Waals surface area contributed by atoms with Gasteiger partial charge in [-0.1, -0.05) is 12.2 Å². The van der Waals surface area contributed by atoms with Crippen LogP contribution < -0.4 is 11.1 Å². The summed E-state index contributed by atoms with van der Waals surface area (Å²) in [6.07, 6.45) is 0. The monoisotopic (exact) mass is 296 g/mol. The molecule has 7 heteroatoms. The molecule has 0 aliphatic carbocycles. The van der Waals surface area contributed by atoms with Gasteiger partial charge in [-0.25, -0.2) is 0 Å². The zero-order valence-corrected chi connectivity index (χ0v) is 13.5. The second-order valence-corrected chi connectivity index (χ2v) is 6.01. The number of hydrogen-bond donors (Lipinski definition) is 2. The number of nitrogens with two attached hydrogens (primary N) is 1. The van der Waals surface area contributed by atoms with Crippen molar-refractivity contribution in [3.05, 3.63) is 11.3 Å². The molecule has 20 heavy (non-hydrogen) atoms. The molecule has 1 aromatic heterocycles. The Morgan fingerprint density at radius 1 is 1.40 bits per heavy atom. The van der Waals surface area contributed by atoms with Crippen LogP contribution in [0.4, 0.5) is 5.82 Å². The van der Waals surface area contributed by atoms with Crippen molar-refractivity contribution in [3.63, 3.8) is 0 Å². The van der Waals surface area contributed by atoms with Gasteiger partial charge in [0.1, 0.15) is 10.8 Å². The highest BCUT2D eigenvalue weighted by Gasteiger charge is 2.23. The van der Waals surface area contributed by atoms with Crippen molar-refractivity contribution >= 4 is 23.0 Å². The third kappa shape index (κ3) is 3.11. The number of aryl methyl sites for hydroxylation is 2. The minimum atomic E-state index is 0.396. The predicted molar refractivity (Wildman–Crippen MR) is 86.2 cm³/mol. The highest BCUT2D eigenvalue weighted by molar-refractivity contribution is 7.80. The number of nitrogens with one attached hydrogen (secondary N) is 1. The van der Waals surface area contributed by atoms with Crippen LogP contribution in [-0.2, 0) is 7.05 Å². The maximum absolute atomic E-state index is 5.81. The maximum atomic E-state index is 5.81. The zero-order chi connectivity index (χ0) is 14.9. The molecule has 0 bridgehead atoms. The van der Waals surface area contributed by atoms with Gasteiger partial charge in [0.2, 0.25) is 0 Å². The highest BCUT2D eigenvalue weighted by atomic mass is 32.1. The van der Waals surface area contributed by atoms with Crippen LogP contribution >= 0.6 is 12.2 Å². The van der Waals surface area contributed by atoms with Gasteiger partial charge in [-0.2, -0.15) is 5.10 Å². The van der Waals surface area contributed by atoms with E-state index < -0.39 is 0 Å². The smallest absolute Gasteiger partial charge is 0.134 e. The molecule has 3 N–H and O–H groups in total. The Hall–Kier alpha value is -1.18. The van der Waals surface area contributed by atoms with E-state index in [2.05, 4.69) is 34.3 Å². The first-order valence-corrected chi connectivity index (χ1v) is 7.27. The van der Waals surface area contributed by atoms with E-state index >= 15 is 0 Å². The average molecular weight is 296 g/mol. The molecule has 1 saturated heterocycles. The number of aromatic nitrogens is 2. The molecule has 6 nitrogen and oxygen atoms in total. The van der Waals surface area contributed by atoms with Crippen molar-refractivity contribution in [1.82, 2.24) is 19.6 Å². The van der Waals surface area contributed by atoms with Crippen LogP contribution in [0.5, 0.6) is 0 Å². The van der Waals surface area contributed by atoms with E-state index in [0.29, 0.717) is 11.0 Å². The summed E-state index contributed by atoms with van der Waals surface area (Å²) in [5.41, 5.74) is 7.53. The number of hydrogen-bond acceptors (Lipinski definition) is 5. The van der Waals surface area contributed by atoms with Crippen molar-refractivity contribution in [2.24, 2.45) is 12.8 Å². The zero-order valence-electron chi connectivity index (χ0n) is 12.7. The molecule has 0 amide bonds.